The minimum Gasteiger partial charge on any atom is -0.443 e. The second kappa shape index (κ2) is 4.79. The fourth-order valence-electron chi connectivity index (χ4n) is 1.38. The number of benzene rings is 1. The summed E-state index contributed by atoms with van der Waals surface area (Å²) in [5, 5.41) is 1.27. The van der Waals surface area contributed by atoms with Crippen molar-refractivity contribution in [3.05, 3.63) is 35.9 Å². The Kier molecular flexibility index (Phi) is 3.19. The molecule has 1 aromatic carbocycles. The minimum absolute atomic E-state index is 0.291. The average Bonchev–Trinajstić information content (AvgIpc) is 2.81. The molecule has 0 aromatic heterocycles. The number of nitrogens with zero attached hydrogens (tertiary/aromatic N) is 1. The highest BCUT2D eigenvalue weighted by Crippen LogP contribution is 2.08. The largest absolute Gasteiger partial charge is 0.443 e. The van der Waals surface area contributed by atoms with Crippen LogP contribution in [0.3, 0.4) is 0 Å². The van der Waals surface area contributed by atoms with E-state index >= 15 is 0 Å². The Labute approximate surface area is 88.4 Å². The van der Waals surface area contributed by atoms with Gasteiger partial charge >= 0.3 is 6.09 Å². The van der Waals surface area contributed by atoms with Crippen molar-refractivity contribution in [2.75, 3.05) is 13.2 Å². The summed E-state index contributed by atoms with van der Waals surface area (Å²) in [6.07, 6.45) is 0.469. The van der Waals surface area contributed by atoms with Crippen molar-refractivity contribution in [3.8, 4) is 0 Å². The number of hydrogen-bond donors (Lipinski definition) is 0. The summed E-state index contributed by atoms with van der Waals surface area (Å²) in [5.74, 6) is 0. The normalized spacial score (nSPS) is 15.3. The number of ether oxygens (including phenoxy) is 1. The maximum absolute atomic E-state index is 11.4. The zero-order chi connectivity index (χ0) is 10.5. The molecule has 1 fully saturated rings. The van der Waals surface area contributed by atoms with Gasteiger partial charge in [0.05, 0.1) is 13.2 Å². The molecular formula is C11H13NO3. The molecule has 1 aliphatic rings. The molecule has 80 valence electrons. The van der Waals surface area contributed by atoms with Crippen molar-refractivity contribution in [2.45, 2.75) is 13.0 Å². The monoisotopic (exact) mass is 207 g/mol. The van der Waals surface area contributed by atoms with Gasteiger partial charge in [0.25, 0.3) is 0 Å². The van der Waals surface area contributed by atoms with Gasteiger partial charge in [-0.25, -0.2) is 4.79 Å². The van der Waals surface area contributed by atoms with Crippen LogP contribution in [0.25, 0.3) is 0 Å². The molecule has 0 radical (unpaired) electrons. The van der Waals surface area contributed by atoms with Crippen LogP contribution in [0.1, 0.15) is 12.0 Å². The maximum atomic E-state index is 11.4. The molecule has 0 unspecified atom stereocenters. The predicted octanol–water partition coefficient (Wildman–Crippen LogP) is 1.96. The van der Waals surface area contributed by atoms with E-state index in [9.17, 15) is 4.79 Å². The van der Waals surface area contributed by atoms with Gasteiger partial charge in [-0.1, -0.05) is 30.3 Å². The molecule has 0 bridgehead atoms. The fraction of sp³-hybridized carbons (Fsp3) is 0.364. The summed E-state index contributed by atoms with van der Waals surface area (Å²) in [7, 11) is 0. The lowest BCUT2D eigenvalue weighted by Gasteiger charge is -2.13. The molecule has 1 heterocycles. The van der Waals surface area contributed by atoms with Crippen molar-refractivity contribution in [1.29, 1.82) is 0 Å². The Morgan fingerprint density at radius 2 is 2.20 bits per heavy atom. The third kappa shape index (κ3) is 2.70. The van der Waals surface area contributed by atoms with Crippen LogP contribution in [-0.4, -0.2) is 24.3 Å². The Bertz CT molecular complexity index is 320. The van der Waals surface area contributed by atoms with Gasteiger partial charge in [0, 0.05) is 0 Å². The molecule has 2 rings (SSSR count). The molecule has 15 heavy (non-hydrogen) atoms. The van der Waals surface area contributed by atoms with E-state index < -0.39 is 6.09 Å². The number of amides is 1. The summed E-state index contributed by atoms with van der Waals surface area (Å²) in [6.45, 7) is 1.51. The third-order valence-corrected chi connectivity index (χ3v) is 2.16. The van der Waals surface area contributed by atoms with Crippen LogP contribution in [0.5, 0.6) is 0 Å². The number of carbonyl (C=O) groups excluding carboxylic acids is 1. The van der Waals surface area contributed by atoms with Crippen LogP contribution in [0.4, 0.5) is 4.79 Å². The Morgan fingerprint density at radius 1 is 1.40 bits per heavy atom. The van der Waals surface area contributed by atoms with E-state index in [0.717, 1.165) is 12.0 Å². The first-order valence-electron chi connectivity index (χ1n) is 4.97. The Hall–Kier alpha value is -1.55. The summed E-state index contributed by atoms with van der Waals surface area (Å²) in [5.41, 5.74) is 0.977. The van der Waals surface area contributed by atoms with E-state index in [0.29, 0.717) is 19.8 Å². The predicted molar refractivity (Wildman–Crippen MR) is 53.9 cm³/mol. The fourth-order valence-corrected chi connectivity index (χ4v) is 1.38. The second-order valence-corrected chi connectivity index (χ2v) is 3.33. The van der Waals surface area contributed by atoms with Crippen LogP contribution < -0.4 is 0 Å². The van der Waals surface area contributed by atoms with Crippen LogP contribution in [0.15, 0.2) is 30.3 Å². The number of hydrogen-bond acceptors (Lipinski definition) is 3. The average molecular weight is 207 g/mol. The zero-order valence-electron chi connectivity index (χ0n) is 8.39. The summed E-state index contributed by atoms with van der Waals surface area (Å²) < 4.78 is 5.07. The lowest BCUT2D eigenvalue weighted by Crippen LogP contribution is -2.27. The molecule has 4 nitrogen and oxygen atoms in total. The van der Waals surface area contributed by atoms with Gasteiger partial charge in [0.2, 0.25) is 0 Å². The third-order valence-electron chi connectivity index (χ3n) is 2.16. The highest BCUT2D eigenvalue weighted by molar-refractivity contribution is 5.66. The van der Waals surface area contributed by atoms with E-state index in [-0.39, 0.29) is 0 Å². The number of rotatable bonds is 2. The first kappa shape index (κ1) is 9.98. The second-order valence-electron chi connectivity index (χ2n) is 3.33. The lowest BCUT2D eigenvalue weighted by molar-refractivity contribution is -0.0928. The lowest BCUT2D eigenvalue weighted by atomic mass is 10.2. The van der Waals surface area contributed by atoms with Gasteiger partial charge in [-0.2, -0.15) is 5.06 Å². The maximum Gasteiger partial charge on any atom is 0.434 e. The summed E-state index contributed by atoms with van der Waals surface area (Å²) in [6, 6.07) is 9.58. The standard InChI is InChI=1S/C11H13NO3/c13-11(12-7-4-8-15-12)14-9-10-5-2-1-3-6-10/h1-3,5-6H,4,7-9H2. The summed E-state index contributed by atoms with van der Waals surface area (Å²) >= 11 is 0. The SMILES string of the molecule is O=C(OCc1ccccc1)N1CCCO1. The van der Waals surface area contributed by atoms with E-state index in [2.05, 4.69) is 0 Å². The molecule has 1 saturated heterocycles. The smallest absolute Gasteiger partial charge is 0.434 e. The Morgan fingerprint density at radius 3 is 2.87 bits per heavy atom. The molecule has 0 spiro atoms. The van der Waals surface area contributed by atoms with Crippen molar-refractivity contribution in [1.82, 2.24) is 5.06 Å². The molecule has 0 N–H and O–H groups in total. The van der Waals surface area contributed by atoms with Gasteiger partial charge in [0.1, 0.15) is 6.61 Å². The van der Waals surface area contributed by atoms with Crippen LogP contribution in [0, 0.1) is 0 Å². The minimum atomic E-state index is -0.406. The molecule has 1 aliphatic heterocycles. The van der Waals surface area contributed by atoms with Gasteiger partial charge < -0.3 is 4.74 Å². The highest BCUT2D eigenvalue weighted by Gasteiger charge is 2.20. The first-order chi connectivity index (χ1) is 7.36. The topological polar surface area (TPSA) is 38.8 Å². The highest BCUT2D eigenvalue weighted by atomic mass is 16.7. The van der Waals surface area contributed by atoms with E-state index in [4.69, 9.17) is 9.57 Å². The van der Waals surface area contributed by atoms with Crippen molar-refractivity contribution in [3.63, 3.8) is 0 Å². The van der Waals surface area contributed by atoms with Crippen molar-refractivity contribution >= 4 is 6.09 Å². The van der Waals surface area contributed by atoms with Crippen LogP contribution in [-0.2, 0) is 16.2 Å². The molecule has 4 heteroatoms. The van der Waals surface area contributed by atoms with Crippen LogP contribution in [0.2, 0.25) is 0 Å². The van der Waals surface area contributed by atoms with Crippen molar-refractivity contribution in [2.24, 2.45) is 0 Å². The van der Waals surface area contributed by atoms with Gasteiger partial charge in [-0.05, 0) is 12.0 Å². The van der Waals surface area contributed by atoms with E-state index in [1.165, 1.54) is 5.06 Å². The molecule has 0 atom stereocenters. The quantitative estimate of drug-likeness (QED) is 0.744. The first-order valence-corrected chi connectivity index (χ1v) is 4.97. The van der Waals surface area contributed by atoms with Gasteiger partial charge in [-0.15, -0.1) is 0 Å². The van der Waals surface area contributed by atoms with Gasteiger partial charge in [-0.3, -0.25) is 4.84 Å². The number of hydroxylamine groups is 2. The van der Waals surface area contributed by atoms with E-state index in [1.807, 2.05) is 30.3 Å². The zero-order valence-corrected chi connectivity index (χ0v) is 8.39. The molecule has 0 aliphatic carbocycles. The molecule has 1 amide bonds. The van der Waals surface area contributed by atoms with Crippen LogP contribution >= 0.6 is 0 Å². The molecule has 1 aromatic rings. The Balaban J connectivity index is 1.80. The van der Waals surface area contributed by atoms with Gasteiger partial charge in [0.15, 0.2) is 0 Å². The summed E-state index contributed by atoms with van der Waals surface area (Å²) in [4.78, 5) is 16.5. The number of carbonyl (C=O) groups is 1. The molecular weight excluding hydrogens is 194 g/mol. The van der Waals surface area contributed by atoms with Crippen molar-refractivity contribution < 1.29 is 14.4 Å². The van der Waals surface area contributed by atoms with E-state index in [1.54, 1.807) is 0 Å². The molecule has 0 saturated carbocycles.